The minimum atomic E-state index is -3.82. The van der Waals surface area contributed by atoms with Crippen LogP contribution >= 0.6 is 0 Å². The first-order valence-corrected chi connectivity index (χ1v) is 10.1. The SMILES string of the molecule is CCN(CC(=O)Nc1cccc(S(N)(=O)=O)c1)C(C)c1cccc(OC)c1. The Balaban J connectivity index is 2.08. The number of ether oxygens (including phenoxy) is 1. The molecule has 1 amide bonds. The summed E-state index contributed by atoms with van der Waals surface area (Å²) in [5.74, 6) is 0.526. The normalized spacial score (nSPS) is 12.6. The van der Waals surface area contributed by atoms with E-state index in [9.17, 15) is 13.2 Å². The predicted molar refractivity (Wildman–Crippen MR) is 105 cm³/mol. The van der Waals surface area contributed by atoms with Gasteiger partial charge in [-0.1, -0.05) is 25.1 Å². The maximum absolute atomic E-state index is 12.4. The zero-order valence-electron chi connectivity index (χ0n) is 15.7. The van der Waals surface area contributed by atoms with Crippen LogP contribution < -0.4 is 15.2 Å². The number of nitrogens with zero attached hydrogens (tertiary/aromatic N) is 1. The topological polar surface area (TPSA) is 102 Å². The first-order chi connectivity index (χ1) is 12.7. The molecule has 7 nitrogen and oxygen atoms in total. The van der Waals surface area contributed by atoms with E-state index in [1.165, 1.54) is 18.2 Å². The first kappa shape index (κ1) is 20.9. The lowest BCUT2D eigenvalue weighted by molar-refractivity contribution is -0.117. The van der Waals surface area contributed by atoms with Gasteiger partial charge in [0.1, 0.15) is 5.75 Å². The van der Waals surface area contributed by atoms with Crippen molar-refractivity contribution in [2.24, 2.45) is 5.14 Å². The summed E-state index contributed by atoms with van der Waals surface area (Å²) in [6, 6.07) is 13.6. The molecule has 1 unspecified atom stereocenters. The molecule has 0 aliphatic heterocycles. The Morgan fingerprint density at radius 2 is 1.93 bits per heavy atom. The van der Waals surface area contributed by atoms with Crippen molar-refractivity contribution in [2.75, 3.05) is 25.5 Å². The molecule has 0 bridgehead atoms. The summed E-state index contributed by atoms with van der Waals surface area (Å²) >= 11 is 0. The lowest BCUT2D eigenvalue weighted by Gasteiger charge is -2.27. The molecule has 0 saturated carbocycles. The molecule has 0 heterocycles. The molecule has 146 valence electrons. The lowest BCUT2D eigenvalue weighted by atomic mass is 10.1. The number of primary sulfonamides is 1. The maximum Gasteiger partial charge on any atom is 0.238 e. The van der Waals surface area contributed by atoms with E-state index in [1.54, 1.807) is 13.2 Å². The van der Waals surface area contributed by atoms with Crippen LogP contribution in [-0.4, -0.2) is 39.4 Å². The van der Waals surface area contributed by atoms with E-state index in [4.69, 9.17) is 9.88 Å². The van der Waals surface area contributed by atoms with Gasteiger partial charge in [0.2, 0.25) is 15.9 Å². The van der Waals surface area contributed by atoms with Crippen LogP contribution in [0.4, 0.5) is 5.69 Å². The molecule has 8 heteroatoms. The van der Waals surface area contributed by atoms with Gasteiger partial charge in [-0.05, 0) is 49.4 Å². The van der Waals surface area contributed by atoms with Crippen LogP contribution in [-0.2, 0) is 14.8 Å². The van der Waals surface area contributed by atoms with Gasteiger partial charge in [0, 0.05) is 11.7 Å². The minimum Gasteiger partial charge on any atom is -0.497 e. The molecule has 2 aromatic carbocycles. The van der Waals surface area contributed by atoms with Crippen LogP contribution in [0.5, 0.6) is 5.75 Å². The third kappa shape index (κ3) is 5.78. The van der Waals surface area contributed by atoms with Crippen molar-refractivity contribution < 1.29 is 17.9 Å². The Kier molecular flexibility index (Phi) is 6.95. The summed E-state index contributed by atoms with van der Waals surface area (Å²) in [4.78, 5) is 14.4. The van der Waals surface area contributed by atoms with E-state index in [0.717, 1.165) is 11.3 Å². The van der Waals surface area contributed by atoms with Gasteiger partial charge in [-0.3, -0.25) is 9.69 Å². The van der Waals surface area contributed by atoms with Crippen LogP contribution in [0.1, 0.15) is 25.5 Å². The van der Waals surface area contributed by atoms with Gasteiger partial charge in [0.05, 0.1) is 18.6 Å². The number of nitrogens with one attached hydrogen (secondary N) is 1. The van der Waals surface area contributed by atoms with Gasteiger partial charge >= 0.3 is 0 Å². The molecule has 3 N–H and O–H groups in total. The summed E-state index contributed by atoms with van der Waals surface area (Å²) in [5, 5.41) is 7.85. The van der Waals surface area contributed by atoms with E-state index in [0.29, 0.717) is 12.2 Å². The molecule has 0 aliphatic carbocycles. The van der Waals surface area contributed by atoms with Gasteiger partial charge < -0.3 is 10.1 Å². The number of hydrogen-bond donors (Lipinski definition) is 2. The summed E-state index contributed by atoms with van der Waals surface area (Å²) in [6.07, 6.45) is 0. The number of amides is 1. The second-order valence-corrected chi connectivity index (χ2v) is 7.70. The highest BCUT2D eigenvalue weighted by atomic mass is 32.2. The molecule has 0 spiro atoms. The lowest BCUT2D eigenvalue weighted by Crippen LogP contribution is -2.35. The molecular weight excluding hydrogens is 366 g/mol. The van der Waals surface area contributed by atoms with Gasteiger partial charge in [-0.15, -0.1) is 0 Å². The minimum absolute atomic E-state index is 0.00611. The highest BCUT2D eigenvalue weighted by Gasteiger charge is 2.18. The van der Waals surface area contributed by atoms with Crippen LogP contribution in [0, 0.1) is 0 Å². The second-order valence-electron chi connectivity index (χ2n) is 6.14. The average molecular weight is 391 g/mol. The van der Waals surface area contributed by atoms with E-state index in [1.807, 2.05) is 43.0 Å². The maximum atomic E-state index is 12.4. The third-order valence-corrected chi connectivity index (χ3v) is 5.23. The van der Waals surface area contributed by atoms with Crippen molar-refractivity contribution in [1.29, 1.82) is 0 Å². The van der Waals surface area contributed by atoms with Crippen molar-refractivity contribution in [1.82, 2.24) is 4.90 Å². The van der Waals surface area contributed by atoms with E-state index in [2.05, 4.69) is 5.32 Å². The molecule has 0 aliphatic rings. The zero-order chi connectivity index (χ0) is 20.0. The Hall–Kier alpha value is -2.42. The summed E-state index contributed by atoms with van der Waals surface area (Å²) in [5.41, 5.74) is 1.43. The number of hydrogen-bond acceptors (Lipinski definition) is 5. The molecule has 0 fully saturated rings. The summed E-state index contributed by atoms with van der Waals surface area (Å²) in [6.45, 7) is 4.83. The van der Waals surface area contributed by atoms with Crippen molar-refractivity contribution >= 4 is 21.6 Å². The highest BCUT2D eigenvalue weighted by molar-refractivity contribution is 7.89. The average Bonchev–Trinajstić information content (AvgIpc) is 2.65. The van der Waals surface area contributed by atoms with Crippen LogP contribution in [0.2, 0.25) is 0 Å². The molecule has 0 saturated heterocycles. The molecule has 0 radical (unpaired) electrons. The number of carbonyl (C=O) groups excluding carboxylic acids is 1. The van der Waals surface area contributed by atoms with E-state index < -0.39 is 10.0 Å². The van der Waals surface area contributed by atoms with Gasteiger partial charge in [-0.2, -0.15) is 0 Å². The fourth-order valence-corrected chi connectivity index (χ4v) is 3.33. The van der Waals surface area contributed by atoms with Gasteiger partial charge in [0.15, 0.2) is 0 Å². The number of sulfonamides is 1. The number of carbonyl (C=O) groups is 1. The third-order valence-electron chi connectivity index (χ3n) is 4.32. The fraction of sp³-hybridized carbons (Fsp3) is 0.316. The Morgan fingerprint density at radius 3 is 2.56 bits per heavy atom. The second kappa shape index (κ2) is 8.98. The number of anilines is 1. The molecule has 0 aromatic heterocycles. The van der Waals surface area contributed by atoms with Crippen LogP contribution in [0.25, 0.3) is 0 Å². The number of methoxy groups -OCH3 is 1. The molecule has 27 heavy (non-hydrogen) atoms. The fourth-order valence-electron chi connectivity index (χ4n) is 2.77. The molecular formula is C19H25N3O4S. The molecule has 1 atom stereocenters. The highest BCUT2D eigenvalue weighted by Crippen LogP contribution is 2.24. The van der Waals surface area contributed by atoms with Crippen LogP contribution in [0.3, 0.4) is 0 Å². The number of rotatable bonds is 8. The first-order valence-electron chi connectivity index (χ1n) is 8.55. The van der Waals surface area contributed by atoms with Crippen molar-refractivity contribution in [2.45, 2.75) is 24.8 Å². The predicted octanol–water partition coefficient (Wildman–Crippen LogP) is 2.36. The summed E-state index contributed by atoms with van der Waals surface area (Å²) < 4.78 is 28.1. The van der Waals surface area contributed by atoms with Crippen molar-refractivity contribution in [3.63, 3.8) is 0 Å². The van der Waals surface area contributed by atoms with Gasteiger partial charge in [-0.25, -0.2) is 13.6 Å². The number of nitrogens with two attached hydrogens (primary N) is 1. The van der Waals surface area contributed by atoms with Crippen LogP contribution in [0.15, 0.2) is 53.4 Å². The number of likely N-dealkylation sites (N-methyl/N-ethyl adjacent to an activating group) is 1. The van der Waals surface area contributed by atoms with E-state index in [-0.39, 0.29) is 23.4 Å². The largest absolute Gasteiger partial charge is 0.497 e. The monoisotopic (exact) mass is 391 g/mol. The Labute approximate surface area is 160 Å². The number of benzene rings is 2. The quantitative estimate of drug-likeness (QED) is 0.719. The Bertz CT molecular complexity index is 899. The van der Waals surface area contributed by atoms with Crippen molar-refractivity contribution in [3.05, 3.63) is 54.1 Å². The van der Waals surface area contributed by atoms with E-state index >= 15 is 0 Å². The standard InChI is InChI=1S/C19H25N3O4S/c1-4-22(14(2)15-7-5-9-17(11-15)26-3)13-19(23)21-16-8-6-10-18(12-16)27(20,24)25/h5-12,14H,4,13H2,1-3H3,(H,21,23)(H2,20,24,25). The molecule has 2 rings (SSSR count). The smallest absolute Gasteiger partial charge is 0.238 e. The van der Waals surface area contributed by atoms with Gasteiger partial charge in [0.25, 0.3) is 0 Å². The Morgan fingerprint density at radius 1 is 1.22 bits per heavy atom. The summed E-state index contributed by atoms with van der Waals surface area (Å²) in [7, 11) is -2.20. The van der Waals surface area contributed by atoms with Crippen molar-refractivity contribution in [3.8, 4) is 5.75 Å². The zero-order valence-corrected chi connectivity index (χ0v) is 16.5. The molecule has 2 aromatic rings.